The molecule has 2 rings (SSSR count). The van der Waals surface area contributed by atoms with Gasteiger partial charge >= 0.3 is 0 Å². The minimum absolute atomic E-state index is 0.205. The summed E-state index contributed by atoms with van der Waals surface area (Å²) < 4.78 is 35.1. The Kier molecular flexibility index (Phi) is 5.82. The van der Waals surface area contributed by atoms with E-state index in [0.717, 1.165) is 11.8 Å². The van der Waals surface area contributed by atoms with Crippen LogP contribution in [0.1, 0.15) is 15.9 Å². The van der Waals surface area contributed by atoms with E-state index in [0.29, 0.717) is 22.7 Å². The zero-order chi connectivity index (χ0) is 18.4. The van der Waals surface area contributed by atoms with Crippen molar-refractivity contribution in [1.29, 1.82) is 0 Å². The van der Waals surface area contributed by atoms with Crippen molar-refractivity contribution in [3.8, 4) is 11.5 Å². The molecule has 0 radical (unpaired) electrons. The maximum absolute atomic E-state index is 12.2. The van der Waals surface area contributed by atoms with E-state index < -0.39 is 10.0 Å². The molecule has 0 aliphatic carbocycles. The fourth-order valence-electron chi connectivity index (χ4n) is 2.13. The van der Waals surface area contributed by atoms with Crippen LogP contribution in [0.15, 0.2) is 48.5 Å². The third kappa shape index (κ3) is 5.36. The monoisotopic (exact) mass is 361 g/mol. The van der Waals surface area contributed by atoms with E-state index in [-0.39, 0.29) is 5.78 Å². The molecule has 7 heteroatoms. The van der Waals surface area contributed by atoms with Crippen LogP contribution in [-0.2, 0) is 10.0 Å². The van der Waals surface area contributed by atoms with E-state index in [1.807, 2.05) is 0 Å². The molecular weight excluding hydrogens is 342 g/mol. The summed E-state index contributed by atoms with van der Waals surface area (Å²) in [4.78, 5) is 12.2. The summed E-state index contributed by atoms with van der Waals surface area (Å²) in [6.45, 7) is 0. The molecule has 2 aromatic rings. The third-order valence-corrected chi connectivity index (χ3v) is 3.93. The number of ether oxygens (including phenoxy) is 2. The summed E-state index contributed by atoms with van der Waals surface area (Å²) in [5.74, 6) is 1.05. The number of carbonyl (C=O) groups excluding carboxylic acids is 1. The van der Waals surface area contributed by atoms with Crippen LogP contribution in [0.5, 0.6) is 11.5 Å². The SMILES string of the molecule is COc1ccc(C=CC(=O)c2ccc(NS(C)(=O)=O)cc2)c(OC)c1. The van der Waals surface area contributed by atoms with Crippen molar-refractivity contribution in [1.82, 2.24) is 0 Å². The molecule has 0 saturated carbocycles. The van der Waals surface area contributed by atoms with Crippen molar-refractivity contribution in [2.45, 2.75) is 0 Å². The van der Waals surface area contributed by atoms with Gasteiger partial charge in [0, 0.05) is 22.9 Å². The molecule has 0 aromatic heterocycles. The molecule has 0 heterocycles. The number of allylic oxidation sites excluding steroid dienone is 1. The second-order valence-corrected chi connectivity index (χ2v) is 7.01. The first kappa shape index (κ1) is 18.5. The lowest BCUT2D eigenvalue weighted by molar-refractivity contribution is 0.104. The molecule has 0 aliphatic heterocycles. The smallest absolute Gasteiger partial charge is 0.229 e. The number of hydrogen-bond donors (Lipinski definition) is 1. The van der Waals surface area contributed by atoms with Gasteiger partial charge in [-0.05, 0) is 48.6 Å². The maximum Gasteiger partial charge on any atom is 0.229 e. The van der Waals surface area contributed by atoms with Gasteiger partial charge in [-0.25, -0.2) is 8.42 Å². The molecule has 0 unspecified atom stereocenters. The average molecular weight is 361 g/mol. The summed E-state index contributed by atoms with van der Waals surface area (Å²) >= 11 is 0. The highest BCUT2D eigenvalue weighted by Gasteiger charge is 2.06. The lowest BCUT2D eigenvalue weighted by atomic mass is 10.1. The first-order valence-electron chi connectivity index (χ1n) is 7.34. The van der Waals surface area contributed by atoms with E-state index in [1.54, 1.807) is 50.6 Å². The molecule has 0 atom stereocenters. The molecule has 0 bridgehead atoms. The van der Waals surface area contributed by atoms with E-state index in [9.17, 15) is 13.2 Å². The Bertz CT molecular complexity index is 886. The maximum atomic E-state index is 12.2. The van der Waals surface area contributed by atoms with Crippen LogP contribution in [0.25, 0.3) is 6.08 Å². The predicted octanol–water partition coefficient (Wildman–Crippen LogP) is 2.97. The van der Waals surface area contributed by atoms with Gasteiger partial charge in [-0.3, -0.25) is 9.52 Å². The minimum atomic E-state index is -3.34. The van der Waals surface area contributed by atoms with Gasteiger partial charge in [0.15, 0.2) is 5.78 Å². The Hall–Kier alpha value is -2.80. The average Bonchev–Trinajstić information content (AvgIpc) is 2.58. The highest BCUT2D eigenvalue weighted by molar-refractivity contribution is 7.92. The normalized spacial score (nSPS) is 11.3. The number of sulfonamides is 1. The molecule has 6 nitrogen and oxygen atoms in total. The van der Waals surface area contributed by atoms with Crippen molar-refractivity contribution >= 4 is 27.6 Å². The number of nitrogens with one attached hydrogen (secondary N) is 1. The van der Waals surface area contributed by atoms with Crippen LogP contribution in [0.2, 0.25) is 0 Å². The lowest BCUT2D eigenvalue weighted by Crippen LogP contribution is -2.09. The number of anilines is 1. The summed E-state index contributed by atoms with van der Waals surface area (Å²) in [6.07, 6.45) is 4.16. The number of benzene rings is 2. The molecule has 1 N–H and O–H groups in total. The van der Waals surface area contributed by atoms with E-state index in [2.05, 4.69) is 4.72 Å². The van der Waals surface area contributed by atoms with Gasteiger partial charge in [0.25, 0.3) is 0 Å². The summed E-state index contributed by atoms with van der Waals surface area (Å²) in [5, 5.41) is 0. The van der Waals surface area contributed by atoms with Crippen molar-refractivity contribution in [2.75, 3.05) is 25.2 Å². The number of methoxy groups -OCH3 is 2. The van der Waals surface area contributed by atoms with E-state index >= 15 is 0 Å². The third-order valence-electron chi connectivity index (χ3n) is 3.33. The Labute approximate surface area is 147 Å². The molecule has 132 valence electrons. The number of hydrogen-bond acceptors (Lipinski definition) is 5. The van der Waals surface area contributed by atoms with Gasteiger partial charge in [0.05, 0.1) is 20.5 Å². The number of rotatable bonds is 7. The summed E-state index contributed by atoms with van der Waals surface area (Å²) in [7, 11) is -0.234. The second kappa shape index (κ2) is 7.85. The van der Waals surface area contributed by atoms with Gasteiger partial charge < -0.3 is 9.47 Å². The van der Waals surface area contributed by atoms with Gasteiger partial charge in [-0.2, -0.15) is 0 Å². The van der Waals surface area contributed by atoms with Crippen LogP contribution in [0.4, 0.5) is 5.69 Å². The highest BCUT2D eigenvalue weighted by atomic mass is 32.2. The fraction of sp³-hybridized carbons (Fsp3) is 0.167. The fourth-order valence-corrected chi connectivity index (χ4v) is 2.70. The van der Waals surface area contributed by atoms with Crippen LogP contribution >= 0.6 is 0 Å². The van der Waals surface area contributed by atoms with Crippen LogP contribution in [0, 0.1) is 0 Å². The standard InChI is InChI=1S/C18H19NO5S/c1-23-16-10-6-14(18(12-16)24-2)7-11-17(20)13-4-8-15(9-5-13)19-25(3,21)22/h4-12,19H,1-3H3. The van der Waals surface area contributed by atoms with Gasteiger partial charge in [-0.15, -0.1) is 0 Å². The minimum Gasteiger partial charge on any atom is -0.497 e. The molecule has 0 amide bonds. The van der Waals surface area contributed by atoms with Crippen molar-refractivity contribution in [2.24, 2.45) is 0 Å². The first-order chi connectivity index (χ1) is 11.8. The molecule has 0 saturated heterocycles. The number of carbonyl (C=O) groups is 1. The van der Waals surface area contributed by atoms with Gasteiger partial charge in [0.1, 0.15) is 11.5 Å². The quantitative estimate of drug-likeness (QED) is 0.606. The van der Waals surface area contributed by atoms with Crippen LogP contribution in [-0.4, -0.2) is 34.7 Å². The lowest BCUT2D eigenvalue weighted by Gasteiger charge is -2.07. The van der Waals surface area contributed by atoms with Gasteiger partial charge in [-0.1, -0.05) is 0 Å². The first-order valence-corrected chi connectivity index (χ1v) is 9.24. The Morgan fingerprint density at radius 1 is 1.04 bits per heavy atom. The van der Waals surface area contributed by atoms with Crippen molar-refractivity contribution in [3.63, 3.8) is 0 Å². The Balaban J connectivity index is 2.15. The zero-order valence-electron chi connectivity index (χ0n) is 14.1. The Morgan fingerprint density at radius 2 is 1.72 bits per heavy atom. The molecule has 0 spiro atoms. The number of ketones is 1. The Morgan fingerprint density at radius 3 is 2.28 bits per heavy atom. The summed E-state index contributed by atoms with van der Waals surface area (Å²) in [6, 6.07) is 11.5. The van der Waals surface area contributed by atoms with Crippen LogP contribution < -0.4 is 14.2 Å². The molecular formula is C18H19NO5S. The molecule has 25 heavy (non-hydrogen) atoms. The van der Waals surface area contributed by atoms with E-state index in [1.165, 1.54) is 18.2 Å². The highest BCUT2D eigenvalue weighted by Crippen LogP contribution is 2.25. The van der Waals surface area contributed by atoms with E-state index in [4.69, 9.17) is 9.47 Å². The van der Waals surface area contributed by atoms with Gasteiger partial charge in [0.2, 0.25) is 10.0 Å². The van der Waals surface area contributed by atoms with Crippen molar-refractivity contribution < 1.29 is 22.7 Å². The van der Waals surface area contributed by atoms with Crippen LogP contribution in [0.3, 0.4) is 0 Å². The molecule has 2 aromatic carbocycles. The largest absolute Gasteiger partial charge is 0.497 e. The zero-order valence-corrected chi connectivity index (χ0v) is 15.0. The van der Waals surface area contributed by atoms with Crippen molar-refractivity contribution in [3.05, 3.63) is 59.7 Å². The molecule has 0 aliphatic rings. The summed E-state index contributed by atoms with van der Waals surface area (Å²) in [5.41, 5.74) is 1.59. The predicted molar refractivity (Wildman–Crippen MR) is 97.8 cm³/mol. The second-order valence-electron chi connectivity index (χ2n) is 5.26. The molecule has 0 fully saturated rings. The topological polar surface area (TPSA) is 81.7 Å².